The number of ether oxygens (including phenoxy) is 1. The van der Waals surface area contributed by atoms with Gasteiger partial charge in [-0.25, -0.2) is 0 Å². The van der Waals surface area contributed by atoms with Crippen molar-refractivity contribution in [2.75, 3.05) is 6.61 Å². The summed E-state index contributed by atoms with van der Waals surface area (Å²) in [5, 5.41) is 16.3. The Morgan fingerprint density at radius 1 is 1.31 bits per heavy atom. The minimum absolute atomic E-state index is 0.226. The number of hydrogen-bond donors (Lipinski definition) is 2. The van der Waals surface area contributed by atoms with Gasteiger partial charge in [-0.3, -0.25) is 5.10 Å². The van der Waals surface area contributed by atoms with Gasteiger partial charge in [0.15, 0.2) is 0 Å². The molecule has 5 heteroatoms. The molecule has 1 heterocycles. The fourth-order valence-corrected chi connectivity index (χ4v) is 1.47. The first-order valence-corrected chi connectivity index (χ1v) is 5.23. The van der Waals surface area contributed by atoms with E-state index >= 15 is 0 Å². The van der Waals surface area contributed by atoms with E-state index < -0.39 is 0 Å². The fraction of sp³-hybridized carbons (Fsp3) is 0.182. The van der Waals surface area contributed by atoms with Crippen molar-refractivity contribution in [2.24, 2.45) is 0 Å². The number of phenolic OH excluding ortho intramolecular Hbond substituents is 1. The minimum atomic E-state index is 0.226. The smallest absolute Gasteiger partial charge is 0.119 e. The fourth-order valence-electron chi connectivity index (χ4n) is 1.29. The second-order valence-electron chi connectivity index (χ2n) is 3.29. The first-order valence-electron chi connectivity index (χ1n) is 4.85. The molecule has 1 aromatic heterocycles. The Kier molecular flexibility index (Phi) is 3.31. The maximum Gasteiger partial charge on any atom is 0.119 e. The van der Waals surface area contributed by atoms with Crippen molar-refractivity contribution in [3.05, 3.63) is 41.2 Å². The van der Waals surface area contributed by atoms with Crippen LogP contribution in [-0.2, 0) is 6.42 Å². The zero-order chi connectivity index (χ0) is 11.4. The van der Waals surface area contributed by atoms with Crippen molar-refractivity contribution in [1.82, 2.24) is 10.2 Å². The van der Waals surface area contributed by atoms with Gasteiger partial charge in [-0.1, -0.05) is 11.6 Å². The van der Waals surface area contributed by atoms with E-state index in [1.54, 1.807) is 30.5 Å². The number of aromatic amines is 1. The van der Waals surface area contributed by atoms with Gasteiger partial charge in [0.05, 0.1) is 23.5 Å². The molecule has 0 fully saturated rings. The van der Waals surface area contributed by atoms with Gasteiger partial charge in [-0.05, 0) is 24.3 Å². The van der Waals surface area contributed by atoms with Crippen LogP contribution >= 0.6 is 11.6 Å². The van der Waals surface area contributed by atoms with Crippen LogP contribution in [0.1, 0.15) is 5.69 Å². The molecule has 2 N–H and O–H groups in total. The highest BCUT2D eigenvalue weighted by Crippen LogP contribution is 2.17. The molecule has 4 nitrogen and oxygen atoms in total. The van der Waals surface area contributed by atoms with Crippen LogP contribution in [0.25, 0.3) is 0 Å². The number of nitrogens with zero attached hydrogens (tertiary/aromatic N) is 1. The number of benzene rings is 1. The molecule has 84 valence electrons. The van der Waals surface area contributed by atoms with Gasteiger partial charge in [-0.15, -0.1) is 0 Å². The highest BCUT2D eigenvalue weighted by Gasteiger charge is 2.02. The summed E-state index contributed by atoms with van der Waals surface area (Å²) >= 11 is 5.86. The van der Waals surface area contributed by atoms with Crippen molar-refractivity contribution < 1.29 is 9.84 Å². The van der Waals surface area contributed by atoms with Gasteiger partial charge >= 0.3 is 0 Å². The summed E-state index contributed by atoms with van der Waals surface area (Å²) in [6.07, 6.45) is 2.23. The molecule has 0 atom stereocenters. The second kappa shape index (κ2) is 4.90. The highest BCUT2D eigenvalue weighted by molar-refractivity contribution is 6.31. The number of nitrogens with one attached hydrogen (secondary N) is 1. The normalized spacial score (nSPS) is 10.3. The van der Waals surface area contributed by atoms with Crippen LogP contribution in [0.4, 0.5) is 0 Å². The topological polar surface area (TPSA) is 58.1 Å². The average Bonchev–Trinajstić information content (AvgIpc) is 2.68. The Balaban J connectivity index is 1.84. The van der Waals surface area contributed by atoms with Crippen molar-refractivity contribution in [1.29, 1.82) is 0 Å². The molecule has 0 aliphatic carbocycles. The third-order valence-electron chi connectivity index (χ3n) is 2.12. The molecule has 0 saturated heterocycles. The molecule has 0 amide bonds. The van der Waals surface area contributed by atoms with E-state index in [1.165, 1.54) is 0 Å². The van der Waals surface area contributed by atoms with E-state index in [2.05, 4.69) is 10.2 Å². The average molecular weight is 239 g/mol. The van der Waals surface area contributed by atoms with Crippen LogP contribution in [0.2, 0.25) is 5.02 Å². The summed E-state index contributed by atoms with van der Waals surface area (Å²) in [7, 11) is 0. The lowest BCUT2D eigenvalue weighted by Crippen LogP contribution is -2.01. The largest absolute Gasteiger partial charge is 0.508 e. The minimum Gasteiger partial charge on any atom is -0.508 e. The lowest BCUT2D eigenvalue weighted by molar-refractivity contribution is 0.320. The monoisotopic (exact) mass is 238 g/mol. The van der Waals surface area contributed by atoms with E-state index in [0.717, 1.165) is 5.69 Å². The van der Waals surface area contributed by atoms with E-state index in [1.807, 2.05) is 0 Å². The molecule has 0 aliphatic rings. The third kappa shape index (κ3) is 2.67. The highest BCUT2D eigenvalue weighted by atomic mass is 35.5. The third-order valence-corrected chi connectivity index (χ3v) is 2.45. The molecule has 0 unspecified atom stereocenters. The zero-order valence-electron chi connectivity index (χ0n) is 8.48. The maximum atomic E-state index is 9.08. The van der Waals surface area contributed by atoms with Gasteiger partial charge in [0.2, 0.25) is 0 Å². The van der Waals surface area contributed by atoms with Crippen molar-refractivity contribution >= 4 is 11.6 Å². The number of hydrogen-bond acceptors (Lipinski definition) is 3. The van der Waals surface area contributed by atoms with Crippen LogP contribution in [-0.4, -0.2) is 21.9 Å². The number of aromatic nitrogens is 2. The summed E-state index contributed by atoms with van der Waals surface area (Å²) in [5.74, 6) is 0.942. The van der Waals surface area contributed by atoms with Gasteiger partial charge in [0.25, 0.3) is 0 Å². The van der Waals surface area contributed by atoms with Crippen LogP contribution < -0.4 is 4.74 Å². The summed E-state index contributed by atoms with van der Waals surface area (Å²) in [6.45, 7) is 0.507. The Labute approximate surface area is 97.8 Å². The molecule has 2 aromatic rings. The predicted molar refractivity (Wildman–Crippen MR) is 60.9 cm³/mol. The predicted octanol–water partition coefficient (Wildman–Crippen LogP) is 2.39. The maximum absolute atomic E-state index is 9.08. The SMILES string of the molecule is Oc1ccc(OCCc2[nH]ncc2Cl)cc1. The summed E-state index contributed by atoms with van der Waals surface area (Å²) in [4.78, 5) is 0. The molecule has 1 aromatic carbocycles. The molecular formula is C11H11ClN2O2. The quantitative estimate of drug-likeness (QED) is 0.860. The summed E-state index contributed by atoms with van der Waals surface area (Å²) in [6, 6.07) is 6.59. The van der Waals surface area contributed by atoms with E-state index in [9.17, 15) is 0 Å². The van der Waals surface area contributed by atoms with Crippen molar-refractivity contribution in [3.8, 4) is 11.5 Å². The Hall–Kier alpha value is -1.68. The summed E-state index contributed by atoms with van der Waals surface area (Å²) in [5.41, 5.74) is 0.862. The van der Waals surface area contributed by atoms with Crippen LogP contribution in [0.5, 0.6) is 11.5 Å². The molecule has 0 radical (unpaired) electrons. The van der Waals surface area contributed by atoms with E-state index in [0.29, 0.717) is 23.8 Å². The first kappa shape index (κ1) is 10.8. The number of halogens is 1. The van der Waals surface area contributed by atoms with E-state index in [-0.39, 0.29) is 5.75 Å². The first-order chi connectivity index (χ1) is 7.75. The summed E-state index contributed by atoms with van der Waals surface area (Å²) < 4.78 is 5.47. The molecule has 2 rings (SSSR count). The van der Waals surface area contributed by atoms with Crippen molar-refractivity contribution in [3.63, 3.8) is 0 Å². The lowest BCUT2D eigenvalue weighted by Gasteiger charge is -2.05. The van der Waals surface area contributed by atoms with Gasteiger partial charge < -0.3 is 9.84 Å². The standard InChI is InChI=1S/C11H11ClN2O2/c12-10-7-13-14-11(10)5-6-16-9-3-1-8(15)2-4-9/h1-4,7,15H,5-6H2,(H,13,14). The van der Waals surface area contributed by atoms with Crippen molar-refractivity contribution in [2.45, 2.75) is 6.42 Å². The van der Waals surface area contributed by atoms with Gasteiger partial charge in [-0.2, -0.15) is 5.10 Å². The molecule has 0 spiro atoms. The number of H-pyrrole nitrogens is 1. The number of aromatic hydroxyl groups is 1. The molecule has 0 aliphatic heterocycles. The molecular weight excluding hydrogens is 228 g/mol. The zero-order valence-corrected chi connectivity index (χ0v) is 9.24. The van der Waals surface area contributed by atoms with Gasteiger partial charge in [0, 0.05) is 6.42 Å². The van der Waals surface area contributed by atoms with E-state index in [4.69, 9.17) is 21.4 Å². The molecule has 16 heavy (non-hydrogen) atoms. The Morgan fingerprint density at radius 3 is 2.69 bits per heavy atom. The van der Waals surface area contributed by atoms with Gasteiger partial charge in [0.1, 0.15) is 11.5 Å². The molecule has 0 bridgehead atoms. The Bertz CT molecular complexity index is 453. The number of rotatable bonds is 4. The van der Waals surface area contributed by atoms with Crippen LogP contribution in [0.15, 0.2) is 30.5 Å². The lowest BCUT2D eigenvalue weighted by atomic mass is 10.3. The molecule has 0 saturated carbocycles. The Morgan fingerprint density at radius 2 is 2.06 bits per heavy atom. The number of phenols is 1. The van der Waals surface area contributed by atoms with Crippen LogP contribution in [0, 0.1) is 0 Å². The second-order valence-corrected chi connectivity index (χ2v) is 3.70. The van der Waals surface area contributed by atoms with Crippen LogP contribution in [0.3, 0.4) is 0 Å².